The van der Waals surface area contributed by atoms with Crippen LogP contribution in [0.2, 0.25) is 0 Å². The van der Waals surface area contributed by atoms with E-state index in [1.54, 1.807) is 42.5 Å². The summed E-state index contributed by atoms with van der Waals surface area (Å²) in [5.41, 5.74) is -3.41. The molecule has 3 rings (SSSR count). The molecule has 200 valence electrons. The summed E-state index contributed by atoms with van der Waals surface area (Å²) in [5, 5.41) is 6.21. The van der Waals surface area contributed by atoms with Crippen molar-refractivity contribution in [1.29, 1.82) is 0 Å². The van der Waals surface area contributed by atoms with Gasteiger partial charge in [0.2, 0.25) is 5.91 Å². The highest BCUT2D eigenvalue weighted by atomic mass is 19.4. The lowest BCUT2D eigenvalue weighted by Gasteiger charge is -2.35. The van der Waals surface area contributed by atoms with Crippen LogP contribution in [-0.4, -0.2) is 25.1 Å². The van der Waals surface area contributed by atoms with Crippen LogP contribution in [0.1, 0.15) is 41.7 Å². The molecular formula is C27H28F6N2O2. The summed E-state index contributed by atoms with van der Waals surface area (Å²) in [5.74, 6) is -0.223. The number of carbonyl (C=O) groups is 1. The average Bonchev–Trinajstić information content (AvgIpc) is 3.23. The molecule has 4 atom stereocenters. The number of nitrogens with one attached hydrogen (secondary N) is 2. The van der Waals surface area contributed by atoms with Gasteiger partial charge in [0.05, 0.1) is 29.4 Å². The van der Waals surface area contributed by atoms with Gasteiger partial charge in [-0.1, -0.05) is 42.5 Å². The van der Waals surface area contributed by atoms with E-state index in [0.717, 1.165) is 5.56 Å². The van der Waals surface area contributed by atoms with Crippen LogP contribution in [0.4, 0.5) is 26.3 Å². The van der Waals surface area contributed by atoms with Crippen molar-refractivity contribution in [1.82, 2.24) is 10.6 Å². The Labute approximate surface area is 211 Å². The molecule has 1 fully saturated rings. The van der Waals surface area contributed by atoms with Crippen LogP contribution >= 0.6 is 0 Å². The smallest absolute Gasteiger partial charge is 0.371 e. The third kappa shape index (κ3) is 6.81. The van der Waals surface area contributed by atoms with E-state index in [4.69, 9.17) is 4.74 Å². The highest BCUT2D eigenvalue weighted by molar-refractivity contribution is 5.79. The van der Waals surface area contributed by atoms with Gasteiger partial charge in [0, 0.05) is 24.9 Å². The fourth-order valence-electron chi connectivity index (χ4n) is 4.26. The SMILES string of the molecule is C=CC1CC(=O)N[C@@H]1CN[C@](C=C)(CO[C@H](C)c1cc(C(F)(F)F)cc(C(F)(F)F)c1)c1ccccc1. The molecule has 1 aliphatic heterocycles. The highest BCUT2D eigenvalue weighted by Gasteiger charge is 2.38. The van der Waals surface area contributed by atoms with Crippen molar-refractivity contribution >= 4 is 5.91 Å². The second kappa shape index (κ2) is 11.1. The summed E-state index contributed by atoms with van der Waals surface area (Å²) < 4.78 is 85.8. The van der Waals surface area contributed by atoms with E-state index in [-0.39, 0.29) is 36.1 Å². The number of ether oxygens (including phenoxy) is 1. The fraction of sp³-hybridized carbons (Fsp3) is 0.370. The van der Waals surface area contributed by atoms with Crippen molar-refractivity contribution in [2.75, 3.05) is 13.2 Å². The van der Waals surface area contributed by atoms with E-state index in [2.05, 4.69) is 23.8 Å². The van der Waals surface area contributed by atoms with Crippen molar-refractivity contribution < 1.29 is 35.9 Å². The van der Waals surface area contributed by atoms with Crippen LogP contribution in [0.25, 0.3) is 0 Å². The minimum Gasteiger partial charge on any atom is -0.371 e. The minimum atomic E-state index is -4.96. The summed E-state index contributed by atoms with van der Waals surface area (Å²) in [6.45, 7) is 9.20. The number of rotatable bonds is 10. The topological polar surface area (TPSA) is 50.4 Å². The molecule has 1 aliphatic rings. The van der Waals surface area contributed by atoms with Crippen LogP contribution in [0.3, 0.4) is 0 Å². The lowest BCUT2D eigenvalue weighted by Crippen LogP contribution is -2.50. The minimum absolute atomic E-state index is 0.0850. The van der Waals surface area contributed by atoms with Crippen molar-refractivity contribution in [3.05, 3.63) is 96.1 Å². The van der Waals surface area contributed by atoms with E-state index in [1.807, 2.05) is 0 Å². The summed E-state index contributed by atoms with van der Waals surface area (Å²) in [7, 11) is 0. The normalized spacial score (nSPS) is 20.7. The fourth-order valence-corrected chi connectivity index (χ4v) is 4.26. The van der Waals surface area contributed by atoms with Gasteiger partial charge < -0.3 is 15.4 Å². The quantitative estimate of drug-likeness (QED) is 0.288. The predicted octanol–water partition coefficient (Wildman–Crippen LogP) is 6.16. The van der Waals surface area contributed by atoms with Crippen molar-refractivity contribution in [3.8, 4) is 0 Å². The number of hydrogen-bond acceptors (Lipinski definition) is 3. The molecule has 0 radical (unpaired) electrons. The van der Waals surface area contributed by atoms with Crippen LogP contribution < -0.4 is 10.6 Å². The molecule has 4 nitrogen and oxygen atoms in total. The van der Waals surface area contributed by atoms with Gasteiger partial charge in [0.15, 0.2) is 0 Å². The number of hydrogen-bond donors (Lipinski definition) is 2. The summed E-state index contributed by atoms with van der Waals surface area (Å²) in [6, 6.07) is 10.1. The number of halogens is 6. The van der Waals surface area contributed by atoms with Gasteiger partial charge in [-0.2, -0.15) is 26.3 Å². The zero-order chi connectivity index (χ0) is 27.4. The van der Waals surface area contributed by atoms with Crippen molar-refractivity contribution in [3.63, 3.8) is 0 Å². The Bertz CT molecular complexity index is 1080. The first-order chi connectivity index (χ1) is 17.3. The average molecular weight is 527 g/mol. The Kier molecular flexibility index (Phi) is 8.54. The van der Waals surface area contributed by atoms with Gasteiger partial charge in [0.1, 0.15) is 0 Å². The Balaban J connectivity index is 1.88. The van der Waals surface area contributed by atoms with Crippen molar-refractivity contribution in [2.24, 2.45) is 5.92 Å². The second-order valence-corrected chi connectivity index (χ2v) is 8.99. The molecule has 0 aromatic heterocycles. The first kappa shape index (κ1) is 28.5. The molecule has 0 saturated carbocycles. The van der Waals surface area contributed by atoms with Crippen molar-refractivity contribution in [2.45, 2.75) is 43.4 Å². The van der Waals surface area contributed by atoms with E-state index in [0.29, 0.717) is 25.1 Å². The molecule has 2 N–H and O–H groups in total. The molecule has 1 amide bonds. The maximum absolute atomic E-state index is 13.3. The van der Waals surface area contributed by atoms with E-state index in [1.165, 1.54) is 6.92 Å². The Morgan fingerprint density at radius 3 is 2.14 bits per heavy atom. The zero-order valence-electron chi connectivity index (χ0n) is 20.1. The van der Waals surface area contributed by atoms with Gasteiger partial charge in [-0.15, -0.1) is 13.2 Å². The van der Waals surface area contributed by atoms with Gasteiger partial charge >= 0.3 is 12.4 Å². The Hall–Kier alpha value is -3.11. The Morgan fingerprint density at radius 2 is 1.62 bits per heavy atom. The molecule has 0 spiro atoms. The zero-order valence-corrected chi connectivity index (χ0v) is 20.1. The van der Waals surface area contributed by atoms with Gasteiger partial charge in [-0.05, 0) is 36.2 Å². The molecule has 2 aromatic carbocycles. The van der Waals surface area contributed by atoms with E-state index in [9.17, 15) is 31.1 Å². The molecular weight excluding hydrogens is 498 g/mol. The molecule has 1 heterocycles. The van der Waals surface area contributed by atoms with Crippen LogP contribution in [-0.2, 0) is 27.4 Å². The molecule has 37 heavy (non-hydrogen) atoms. The van der Waals surface area contributed by atoms with E-state index >= 15 is 0 Å². The standard InChI is InChI=1S/C27H28F6N2O2/c1-4-18-13-24(36)35-23(18)15-34-25(5-2,20-9-7-6-8-10-20)16-37-17(3)19-11-21(26(28,29)30)14-22(12-19)27(31,32)33/h4-12,14,17-18,23,34H,1-2,13,15-16H2,3H3,(H,35,36)/t17-,18?,23-,25-/m1/s1. The largest absolute Gasteiger partial charge is 0.416 e. The molecule has 0 aliphatic carbocycles. The molecule has 0 bridgehead atoms. The number of benzene rings is 2. The van der Waals surface area contributed by atoms with Gasteiger partial charge in [0.25, 0.3) is 0 Å². The van der Waals surface area contributed by atoms with Crippen LogP contribution in [0.5, 0.6) is 0 Å². The van der Waals surface area contributed by atoms with E-state index < -0.39 is 35.1 Å². The molecule has 1 unspecified atom stereocenters. The van der Waals surface area contributed by atoms with Gasteiger partial charge in [-0.3, -0.25) is 4.79 Å². The first-order valence-corrected chi connectivity index (χ1v) is 11.6. The monoisotopic (exact) mass is 526 g/mol. The second-order valence-electron chi connectivity index (χ2n) is 8.99. The summed E-state index contributed by atoms with van der Waals surface area (Å²) in [4.78, 5) is 11.9. The maximum atomic E-state index is 13.3. The predicted molar refractivity (Wildman–Crippen MR) is 127 cm³/mol. The van der Waals surface area contributed by atoms with Crippen LogP contribution in [0, 0.1) is 5.92 Å². The molecule has 1 saturated heterocycles. The third-order valence-corrected chi connectivity index (χ3v) is 6.50. The lowest BCUT2D eigenvalue weighted by molar-refractivity contribution is -0.143. The number of amides is 1. The third-order valence-electron chi connectivity index (χ3n) is 6.50. The summed E-state index contributed by atoms with van der Waals surface area (Å²) >= 11 is 0. The number of carbonyl (C=O) groups excluding carboxylic acids is 1. The molecule has 2 aromatic rings. The number of alkyl halides is 6. The Morgan fingerprint density at radius 1 is 1.03 bits per heavy atom. The van der Waals surface area contributed by atoms with Gasteiger partial charge in [-0.25, -0.2) is 0 Å². The highest BCUT2D eigenvalue weighted by Crippen LogP contribution is 2.38. The summed E-state index contributed by atoms with van der Waals surface area (Å²) in [6.07, 6.45) is -7.47. The molecule has 10 heteroatoms. The lowest BCUT2D eigenvalue weighted by atomic mass is 9.89. The van der Waals surface area contributed by atoms with Crippen LogP contribution in [0.15, 0.2) is 73.8 Å². The maximum Gasteiger partial charge on any atom is 0.416 e. The first-order valence-electron chi connectivity index (χ1n) is 11.6.